The summed E-state index contributed by atoms with van der Waals surface area (Å²) in [4.78, 5) is 11.3. The number of hydrogen-bond acceptors (Lipinski definition) is 1. The maximum absolute atomic E-state index is 12.6. The third-order valence-electron chi connectivity index (χ3n) is 2.34. The molecule has 0 aromatic heterocycles. The first-order valence-corrected chi connectivity index (χ1v) is 4.29. The molecule has 0 aromatic carbocycles. The van der Waals surface area contributed by atoms with E-state index in [2.05, 4.69) is 0 Å². The van der Waals surface area contributed by atoms with Gasteiger partial charge in [0.05, 0.1) is 0 Å². The van der Waals surface area contributed by atoms with Gasteiger partial charge in [-0.15, -0.1) is 0 Å². The number of carbonyl (C=O) groups excluding carboxylic acids is 1. The third kappa shape index (κ3) is 2.58. The van der Waals surface area contributed by atoms with E-state index >= 15 is 0 Å². The second-order valence-electron chi connectivity index (χ2n) is 3.66. The fourth-order valence-corrected chi connectivity index (χ4v) is 1.66. The average Bonchev–Trinajstić information content (AvgIpc) is 2.34. The Morgan fingerprint density at radius 2 is 2.00 bits per heavy atom. The van der Waals surface area contributed by atoms with E-state index in [0.29, 0.717) is 12.8 Å². The Hall–Kier alpha value is -0.400. The molecule has 0 bridgehead atoms. The van der Waals surface area contributed by atoms with Gasteiger partial charge in [-0.3, -0.25) is 4.79 Å². The van der Waals surface area contributed by atoms with Crippen molar-refractivity contribution in [1.82, 2.24) is 0 Å². The Balaban J connectivity index is 0.00000121. The van der Waals surface area contributed by atoms with Crippen LogP contribution in [0.1, 0.15) is 40.5 Å². The Morgan fingerprint density at radius 3 is 2.33 bits per heavy atom. The van der Waals surface area contributed by atoms with Crippen molar-refractivity contribution in [3.63, 3.8) is 0 Å². The predicted molar refractivity (Wildman–Crippen MR) is 48.8 cm³/mol. The van der Waals surface area contributed by atoms with Gasteiger partial charge in [-0.25, -0.2) is 4.39 Å². The summed E-state index contributed by atoms with van der Waals surface area (Å²) in [5.74, 6) is 0.334. The molecule has 0 aromatic rings. The van der Waals surface area contributed by atoms with Gasteiger partial charge in [-0.1, -0.05) is 21.3 Å². The molecule has 72 valence electrons. The van der Waals surface area contributed by atoms with Crippen LogP contribution in [0.2, 0.25) is 0 Å². The summed E-state index contributed by atoms with van der Waals surface area (Å²) in [6.45, 7) is 3.77. The Labute approximate surface area is 74.4 Å². The first-order valence-electron chi connectivity index (χ1n) is 4.29. The summed E-state index contributed by atoms with van der Waals surface area (Å²) in [7, 11) is 0. The molecule has 1 fully saturated rings. The van der Waals surface area contributed by atoms with E-state index in [-0.39, 0.29) is 25.0 Å². The van der Waals surface area contributed by atoms with Crippen molar-refractivity contribution in [3.05, 3.63) is 0 Å². The number of ketones is 1. The molecule has 1 rings (SSSR count). The summed E-state index contributed by atoms with van der Waals surface area (Å²) >= 11 is 0. The lowest BCUT2D eigenvalue weighted by Crippen LogP contribution is -2.17. The number of rotatable bonds is 2. The van der Waals surface area contributed by atoms with Crippen LogP contribution in [0.5, 0.6) is 0 Å². The van der Waals surface area contributed by atoms with Crippen LogP contribution in [0.3, 0.4) is 0 Å². The quantitative estimate of drug-likeness (QED) is 0.629. The molecule has 0 aliphatic heterocycles. The van der Waals surface area contributed by atoms with Gasteiger partial charge in [0.25, 0.3) is 0 Å². The molecule has 0 amide bonds. The molecule has 2 atom stereocenters. The van der Waals surface area contributed by atoms with Crippen LogP contribution in [0.15, 0.2) is 0 Å². The predicted octanol–water partition coefficient (Wildman–Crippen LogP) is 2.99. The molecule has 0 radical (unpaired) electrons. The van der Waals surface area contributed by atoms with Crippen molar-refractivity contribution < 1.29 is 9.18 Å². The highest BCUT2D eigenvalue weighted by Crippen LogP contribution is 2.30. The first kappa shape index (κ1) is 11.6. The lowest BCUT2D eigenvalue weighted by atomic mass is 9.94. The van der Waals surface area contributed by atoms with Gasteiger partial charge in [-0.2, -0.15) is 0 Å². The standard InChI is InChI=1S/C9H15FO.CH4/c1-6(2)9(11)7-3-4-8(10)5-7;/h6-8H,3-5H2,1-2H3;1H4/t7-,8+;/m0./s1. The zero-order chi connectivity index (χ0) is 8.43. The van der Waals surface area contributed by atoms with Gasteiger partial charge in [-0.05, 0) is 19.3 Å². The molecule has 12 heavy (non-hydrogen) atoms. The molecule has 2 heteroatoms. The summed E-state index contributed by atoms with van der Waals surface area (Å²) in [5, 5.41) is 0. The van der Waals surface area contributed by atoms with E-state index in [4.69, 9.17) is 0 Å². The SMILES string of the molecule is C.CC(C)C(=O)[C@H]1CC[C@@H](F)C1. The van der Waals surface area contributed by atoms with Crippen molar-refractivity contribution >= 4 is 5.78 Å². The summed E-state index contributed by atoms with van der Waals surface area (Å²) in [6, 6.07) is 0. The minimum atomic E-state index is -0.720. The number of carbonyl (C=O) groups is 1. The van der Waals surface area contributed by atoms with Crippen molar-refractivity contribution in [2.75, 3.05) is 0 Å². The fraction of sp³-hybridized carbons (Fsp3) is 0.900. The molecule has 0 spiro atoms. The van der Waals surface area contributed by atoms with Crippen molar-refractivity contribution in [2.45, 2.75) is 46.7 Å². The van der Waals surface area contributed by atoms with E-state index < -0.39 is 6.17 Å². The maximum atomic E-state index is 12.6. The van der Waals surface area contributed by atoms with Gasteiger partial charge in [0, 0.05) is 11.8 Å². The average molecular weight is 174 g/mol. The Kier molecular flexibility index (Phi) is 4.43. The van der Waals surface area contributed by atoms with E-state index in [9.17, 15) is 9.18 Å². The normalized spacial score (nSPS) is 28.7. The molecule has 1 aliphatic carbocycles. The number of hydrogen-bond donors (Lipinski definition) is 0. The van der Waals surface area contributed by atoms with Crippen LogP contribution >= 0.6 is 0 Å². The highest BCUT2D eigenvalue weighted by Gasteiger charge is 2.30. The minimum absolute atomic E-state index is 0. The van der Waals surface area contributed by atoms with Crippen LogP contribution in [0, 0.1) is 11.8 Å². The highest BCUT2D eigenvalue weighted by atomic mass is 19.1. The third-order valence-corrected chi connectivity index (χ3v) is 2.34. The second-order valence-corrected chi connectivity index (χ2v) is 3.66. The zero-order valence-corrected chi connectivity index (χ0v) is 7.14. The van der Waals surface area contributed by atoms with Gasteiger partial charge in [0.15, 0.2) is 0 Å². The van der Waals surface area contributed by atoms with Crippen LogP contribution in [0.4, 0.5) is 4.39 Å². The topological polar surface area (TPSA) is 17.1 Å². The smallest absolute Gasteiger partial charge is 0.138 e. The number of Topliss-reactive ketones (excluding diaryl/α,β-unsaturated/α-hetero) is 1. The van der Waals surface area contributed by atoms with Crippen LogP contribution in [0.25, 0.3) is 0 Å². The van der Waals surface area contributed by atoms with E-state index in [1.165, 1.54) is 0 Å². The molecule has 0 saturated heterocycles. The van der Waals surface area contributed by atoms with Crippen LogP contribution in [-0.2, 0) is 4.79 Å². The second kappa shape index (κ2) is 4.58. The molecular weight excluding hydrogens is 155 g/mol. The molecular formula is C10H19FO. The van der Waals surface area contributed by atoms with Crippen LogP contribution in [-0.4, -0.2) is 12.0 Å². The zero-order valence-electron chi connectivity index (χ0n) is 7.14. The molecule has 1 saturated carbocycles. The van der Waals surface area contributed by atoms with Crippen molar-refractivity contribution in [3.8, 4) is 0 Å². The van der Waals surface area contributed by atoms with E-state index in [0.717, 1.165) is 6.42 Å². The van der Waals surface area contributed by atoms with E-state index in [1.54, 1.807) is 0 Å². The fourth-order valence-electron chi connectivity index (χ4n) is 1.66. The van der Waals surface area contributed by atoms with E-state index in [1.807, 2.05) is 13.8 Å². The van der Waals surface area contributed by atoms with Gasteiger partial charge in [0.1, 0.15) is 12.0 Å². The highest BCUT2D eigenvalue weighted by molar-refractivity contribution is 5.83. The Bertz CT molecular complexity index is 154. The lowest BCUT2D eigenvalue weighted by molar-refractivity contribution is -0.125. The largest absolute Gasteiger partial charge is 0.299 e. The van der Waals surface area contributed by atoms with Crippen molar-refractivity contribution in [1.29, 1.82) is 0 Å². The molecule has 1 nitrogen and oxygen atoms in total. The lowest BCUT2D eigenvalue weighted by Gasteiger charge is -2.09. The maximum Gasteiger partial charge on any atom is 0.138 e. The molecule has 0 unspecified atom stereocenters. The summed E-state index contributed by atoms with van der Waals surface area (Å²) in [5.41, 5.74) is 0. The molecule has 0 heterocycles. The van der Waals surface area contributed by atoms with Gasteiger partial charge in [0.2, 0.25) is 0 Å². The Morgan fingerprint density at radius 1 is 1.42 bits per heavy atom. The monoisotopic (exact) mass is 174 g/mol. The number of halogens is 1. The minimum Gasteiger partial charge on any atom is -0.299 e. The summed E-state index contributed by atoms with van der Waals surface area (Å²) < 4.78 is 12.6. The van der Waals surface area contributed by atoms with Crippen molar-refractivity contribution in [2.24, 2.45) is 11.8 Å². The van der Waals surface area contributed by atoms with Gasteiger partial charge >= 0.3 is 0 Å². The van der Waals surface area contributed by atoms with Crippen LogP contribution < -0.4 is 0 Å². The molecule has 1 aliphatic rings. The summed E-state index contributed by atoms with van der Waals surface area (Å²) in [6.07, 6.45) is 1.10. The first-order chi connectivity index (χ1) is 5.11. The molecule has 0 N–H and O–H groups in total. The number of alkyl halides is 1. The van der Waals surface area contributed by atoms with Gasteiger partial charge < -0.3 is 0 Å².